The molecule has 1 atom stereocenters. The van der Waals surface area contributed by atoms with Crippen molar-refractivity contribution in [3.05, 3.63) is 54.1 Å². The second-order valence-electron chi connectivity index (χ2n) is 8.25. The van der Waals surface area contributed by atoms with Crippen LogP contribution in [0.15, 0.2) is 48.5 Å². The van der Waals surface area contributed by atoms with Gasteiger partial charge in [0, 0.05) is 24.1 Å². The summed E-state index contributed by atoms with van der Waals surface area (Å²) in [7, 11) is 0. The van der Waals surface area contributed by atoms with Crippen LogP contribution >= 0.6 is 0 Å². The number of fused-ring (bicyclic) bond motifs is 2. The van der Waals surface area contributed by atoms with E-state index in [2.05, 4.69) is 5.32 Å². The SMILES string of the molecule is CC(C)(C)OC(=O)N1CCC2(C1)OC(=O)Nc1c(-c3ccccc3)cccc12. The number of rotatable bonds is 1. The Morgan fingerprint density at radius 3 is 2.61 bits per heavy atom. The van der Waals surface area contributed by atoms with Gasteiger partial charge in [-0.15, -0.1) is 0 Å². The predicted octanol–water partition coefficient (Wildman–Crippen LogP) is 4.75. The number of amides is 2. The number of benzene rings is 2. The Kier molecular flexibility index (Phi) is 4.29. The molecular weight excluding hydrogens is 356 g/mol. The van der Waals surface area contributed by atoms with Crippen LogP contribution in [0.5, 0.6) is 0 Å². The standard InChI is InChI=1S/C22H24N2O4/c1-21(2,3)28-20(26)24-13-12-22(14-24)17-11-7-10-16(15-8-5-4-6-9-15)18(17)23-19(25)27-22/h4-11H,12-14H2,1-3H3,(H,23,25). The highest BCUT2D eigenvalue weighted by Gasteiger charge is 2.49. The lowest BCUT2D eigenvalue weighted by molar-refractivity contribution is 0.00437. The fraction of sp³-hybridized carbons (Fsp3) is 0.364. The third-order valence-electron chi connectivity index (χ3n) is 5.04. The van der Waals surface area contributed by atoms with Gasteiger partial charge in [-0.2, -0.15) is 0 Å². The molecule has 2 heterocycles. The van der Waals surface area contributed by atoms with E-state index < -0.39 is 17.3 Å². The Balaban J connectivity index is 1.70. The molecule has 4 rings (SSSR count). The maximum Gasteiger partial charge on any atom is 0.412 e. The van der Waals surface area contributed by atoms with Gasteiger partial charge in [0.05, 0.1) is 12.2 Å². The Labute approximate surface area is 164 Å². The molecule has 0 aliphatic carbocycles. The average molecular weight is 380 g/mol. The van der Waals surface area contributed by atoms with E-state index in [9.17, 15) is 9.59 Å². The van der Waals surface area contributed by atoms with Crippen molar-refractivity contribution in [3.8, 4) is 11.1 Å². The highest BCUT2D eigenvalue weighted by molar-refractivity contribution is 5.96. The lowest BCUT2D eigenvalue weighted by atomic mass is 9.87. The van der Waals surface area contributed by atoms with Crippen LogP contribution in [0.3, 0.4) is 0 Å². The minimum atomic E-state index is -0.862. The number of nitrogens with zero attached hydrogens (tertiary/aromatic N) is 1. The zero-order valence-electron chi connectivity index (χ0n) is 16.3. The number of para-hydroxylation sites is 1. The molecule has 2 amide bonds. The molecule has 6 nitrogen and oxygen atoms in total. The van der Waals surface area contributed by atoms with Crippen molar-refractivity contribution in [2.45, 2.75) is 38.4 Å². The van der Waals surface area contributed by atoms with Crippen molar-refractivity contribution in [1.29, 1.82) is 0 Å². The van der Waals surface area contributed by atoms with Gasteiger partial charge in [-0.25, -0.2) is 9.59 Å². The second-order valence-corrected chi connectivity index (χ2v) is 8.25. The lowest BCUT2D eigenvalue weighted by Crippen LogP contribution is -2.43. The van der Waals surface area contributed by atoms with Gasteiger partial charge in [-0.3, -0.25) is 5.32 Å². The van der Waals surface area contributed by atoms with Crippen LogP contribution in [0.2, 0.25) is 0 Å². The molecule has 1 fully saturated rings. The molecule has 1 N–H and O–H groups in total. The van der Waals surface area contributed by atoms with E-state index in [1.165, 1.54) is 0 Å². The van der Waals surface area contributed by atoms with Crippen LogP contribution in [0.4, 0.5) is 15.3 Å². The molecular formula is C22H24N2O4. The number of carbonyl (C=O) groups excluding carboxylic acids is 2. The summed E-state index contributed by atoms with van der Waals surface area (Å²) in [5.41, 5.74) is 2.15. The maximum absolute atomic E-state index is 12.5. The van der Waals surface area contributed by atoms with Crippen molar-refractivity contribution in [2.75, 3.05) is 18.4 Å². The third kappa shape index (κ3) is 3.30. The summed E-state index contributed by atoms with van der Waals surface area (Å²) in [6, 6.07) is 15.8. The zero-order chi connectivity index (χ0) is 19.9. The van der Waals surface area contributed by atoms with Gasteiger partial charge in [-0.1, -0.05) is 48.5 Å². The van der Waals surface area contributed by atoms with Crippen molar-refractivity contribution in [2.24, 2.45) is 0 Å². The van der Waals surface area contributed by atoms with Crippen LogP contribution in [0.1, 0.15) is 32.8 Å². The van der Waals surface area contributed by atoms with Crippen LogP contribution in [0.25, 0.3) is 11.1 Å². The van der Waals surface area contributed by atoms with Crippen LogP contribution in [-0.4, -0.2) is 35.8 Å². The van der Waals surface area contributed by atoms with Gasteiger partial charge in [0.15, 0.2) is 5.60 Å². The summed E-state index contributed by atoms with van der Waals surface area (Å²) in [6.45, 7) is 6.26. The number of carbonyl (C=O) groups is 2. The molecule has 146 valence electrons. The molecule has 2 aromatic carbocycles. The Morgan fingerprint density at radius 2 is 1.89 bits per heavy atom. The number of likely N-dealkylation sites (tertiary alicyclic amines) is 1. The summed E-state index contributed by atoms with van der Waals surface area (Å²) in [5, 5.41) is 2.86. The molecule has 2 aliphatic heterocycles. The van der Waals surface area contributed by atoms with Crippen molar-refractivity contribution >= 4 is 17.9 Å². The van der Waals surface area contributed by atoms with Crippen molar-refractivity contribution in [3.63, 3.8) is 0 Å². The minimum absolute atomic E-state index is 0.278. The predicted molar refractivity (Wildman–Crippen MR) is 106 cm³/mol. The van der Waals surface area contributed by atoms with E-state index in [-0.39, 0.29) is 12.6 Å². The normalized spacial score (nSPS) is 21.1. The van der Waals surface area contributed by atoms with Crippen LogP contribution < -0.4 is 5.32 Å². The molecule has 1 unspecified atom stereocenters. The topological polar surface area (TPSA) is 67.9 Å². The number of ether oxygens (including phenoxy) is 2. The largest absolute Gasteiger partial charge is 0.444 e. The van der Waals surface area contributed by atoms with Gasteiger partial charge >= 0.3 is 12.2 Å². The van der Waals surface area contributed by atoms with Crippen molar-refractivity contribution < 1.29 is 19.1 Å². The molecule has 2 aromatic rings. The van der Waals surface area contributed by atoms with E-state index >= 15 is 0 Å². The van der Waals surface area contributed by atoms with E-state index in [1.807, 2.05) is 69.3 Å². The Morgan fingerprint density at radius 1 is 1.14 bits per heavy atom. The first-order valence-electron chi connectivity index (χ1n) is 9.44. The minimum Gasteiger partial charge on any atom is -0.444 e. The molecule has 6 heteroatoms. The first-order valence-corrected chi connectivity index (χ1v) is 9.44. The molecule has 0 aromatic heterocycles. The maximum atomic E-state index is 12.5. The summed E-state index contributed by atoms with van der Waals surface area (Å²) in [6.07, 6.45) is -0.355. The second kappa shape index (κ2) is 6.55. The van der Waals surface area contributed by atoms with Gasteiger partial charge in [0.2, 0.25) is 0 Å². The van der Waals surface area contributed by atoms with E-state index in [4.69, 9.17) is 9.47 Å². The van der Waals surface area contributed by atoms with Gasteiger partial charge in [-0.05, 0) is 26.3 Å². The highest BCUT2D eigenvalue weighted by atomic mass is 16.6. The highest BCUT2D eigenvalue weighted by Crippen LogP contribution is 2.46. The summed E-state index contributed by atoms with van der Waals surface area (Å²) < 4.78 is 11.3. The first kappa shape index (κ1) is 18.3. The van der Waals surface area contributed by atoms with Gasteiger partial charge in [0.25, 0.3) is 0 Å². The third-order valence-corrected chi connectivity index (χ3v) is 5.04. The fourth-order valence-corrected chi connectivity index (χ4v) is 3.85. The van der Waals surface area contributed by atoms with Crippen LogP contribution in [0, 0.1) is 0 Å². The average Bonchev–Trinajstić information content (AvgIpc) is 3.05. The van der Waals surface area contributed by atoms with E-state index in [0.717, 1.165) is 22.4 Å². The molecule has 0 radical (unpaired) electrons. The quantitative estimate of drug-likeness (QED) is 0.775. The van der Waals surface area contributed by atoms with E-state index in [1.54, 1.807) is 4.90 Å². The molecule has 28 heavy (non-hydrogen) atoms. The number of hydrogen-bond acceptors (Lipinski definition) is 4. The van der Waals surface area contributed by atoms with E-state index in [0.29, 0.717) is 13.0 Å². The molecule has 0 bridgehead atoms. The van der Waals surface area contributed by atoms with Crippen molar-refractivity contribution in [1.82, 2.24) is 4.90 Å². The summed E-state index contributed by atoms with van der Waals surface area (Å²) >= 11 is 0. The Bertz CT molecular complexity index is 920. The summed E-state index contributed by atoms with van der Waals surface area (Å²) in [4.78, 5) is 26.5. The first-order chi connectivity index (χ1) is 13.3. The number of hydrogen-bond donors (Lipinski definition) is 1. The number of nitrogens with one attached hydrogen (secondary N) is 1. The smallest absolute Gasteiger partial charge is 0.412 e. The lowest BCUT2D eigenvalue weighted by Gasteiger charge is -2.36. The number of anilines is 1. The fourth-order valence-electron chi connectivity index (χ4n) is 3.85. The zero-order valence-corrected chi connectivity index (χ0v) is 16.3. The van der Waals surface area contributed by atoms with Crippen LogP contribution in [-0.2, 0) is 15.1 Å². The molecule has 0 saturated carbocycles. The molecule has 1 saturated heterocycles. The monoisotopic (exact) mass is 380 g/mol. The molecule has 1 spiro atoms. The Hall–Kier alpha value is -3.02. The van der Waals surface area contributed by atoms with Gasteiger partial charge < -0.3 is 14.4 Å². The van der Waals surface area contributed by atoms with Gasteiger partial charge in [0.1, 0.15) is 5.60 Å². The summed E-state index contributed by atoms with van der Waals surface area (Å²) in [5.74, 6) is 0. The molecule has 2 aliphatic rings.